The van der Waals surface area contributed by atoms with E-state index in [4.69, 9.17) is 14.3 Å². The van der Waals surface area contributed by atoms with Crippen molar-refractivity contribution < 1.29 is 65.7 Å². The van der Waals surface area contributed by atoms with Crippen LogP contribution < -0.4 is 66.6 Å². The van der Waals surface area contributed by atoms with Gasteiger partial charge in [0, 0.05) is 5.75 Å². The van der Waals surface area contributed by atoms with Crippen molar-refractivity contribution in [3.8, 4) is 11.5 Å². The van der Waals surface area contributed by atoms with E-state index >= 15 is 0 Å². The van der Waals surface area contributed by atoms with Crippen molar-refractivity contribution in [1.29, 1.82) is 0 Å². The topological polar surface area (TPSA) is 61.6 Å². The van der Waals surface area contributed by atoms with Crippen molar-refractivity contribution in [3.63, 3.8) is 0 Å². The Hall–Kier alpha value is -0.204. The Morgan fingerprint density at radius 2 is 1.63 bits per heavy atom. The van der Waals surface area contributed by atoms with E-state index in [9.17, 15) is 0 Å². The first-order valence-electron chi connectivity index (χ1n) is 6.07. The zero-order valence-corrected chi connectivity index (χ0v) is 15.8. The van der Waals surface area contributed by atoms with Crippen LogP contribution in [0.5, 0.6) is 11.5 Å². The SMILES string of the molecule is CC.CC.[CH2-]C(N)=O.[K+].[c-]1ccc2c(c1)OCCO2. The van der Waals surface area contributed by atoms with E-state index in [0.29, 0.717) is 13.2 Å². The average Bonchev–Trinajstić information content (AvgIpc) is 2.43. The van der Waals surface area contributed by atoms with Crippen molar-refractivity contribution in [2.24, 2.45) is 5.73 Å². The third-order valence-electron chi connectivity index (χ3n) is 1.39. The molecule has 2 rings (SSSR count). The fraction of sp³-hybridized carbons (Fsp3) is 0.429. The smallest absolute Gasteiger partial charge is 0.544 e. The van der Waals surface area contributed by atoms with Crippen LogP contribution in [0.2, 0.25) is 0 Å². The van der Waals surface area contributed by atoms with Crippen molar-refractivity contribution >= 4 is 5.91 Å². The van der Waals surface area contributed by atoms with Gasteiger partial charge in [-0.05, 0) is 0 Å². The van der Waals surface area contributed by atoms with Gasteiger partial charge in [-0.2, -0.15) is 12.1 Å². The molecule has 0 saturated heterocycles. The van der Waals surface area contributed by atoms with Crippen LogP contribution in [0, 0.1) is 13.0 Å². The molecule has 1 aromatic carbocycles. The Labute approximate surface area is 159 Å². The minimum absolute atomic E-state index is 0. The summed E-state index contributed by atoms with van der Waals surface area (Å²) in [5.74, 6) is 1.04. The van der Waals surface area contributed by atoms with Gasteiger partial charge in [-0.25, -0.2) is 0 Å². The molecule has 0 fully saturated rings. The Bertz CT molecular complexity index is 290. The van der Waals surface area contributed by atoms with Gasteiger partial charge in [0.05, 0.1) is 11.7 Å². The van der Waals surface area contributed by atoms with Crippen molar-refractivity contribution in [2.75, 3.05) is 13.2 Å². The van der Waals surface area contributed by atoms with Gasteiger partial charge in [-0.1, -0.05) is 27.7 Å². The molecule has 1 aliphatic heterocycles. The number of rotatable bonds is 0. The third-order valence-corrected chi connectivity index (χ3v) is 1.39. The molecule has 0 aromatic heterocycles. The quantitative estimate of drug-likeness (QED) is 0.524. The van der Waals surface area contributed by atoms with E-state index in [-0.39, 0.29) is 51.4 Å². The Morgan fingerprint density at radius 3 is 2.05 bits per heavy atom. The molecule has 0 atom stereocenters. The molecule has 0 radical (unpaired) electrons. The first-order chi connectivity index (χ1) is 8.70. The molecule has 19 heavy (non-hydrogen) atoms. The number of ether oxygens (including phenoxy) is 2. The standard InChI is InChI=1S/C8H7O2.C2H4NO.2C2H6.K/c1-2-4-8-7(3-1)9-5-6-10-8;1-2(3)4;2*1-2;/h1,3-4H,5-6H2;1H2,(H2,3,4);2*1-2H3;/q2*-1;;;+1. The van der Waals surface area contributed by atoms with E-state index in [1.807, 2.05) is 39.8 Å². The molecule has 1 aliphatic rings. The van der Waals surface area contributed by atoms with E-state index in [1.165, 1.54) is 0 Å². The summed E-state index contributed by atoms with van der Waals surface area (Å²) in [4.78, 5) is 9.11. The number of hydrogen-bond donors (Lipinski definition) is 1. The van der Waals surface area contributed by atoms with Crippen molar-refractivity contribution in [3.05, 3.63) is 31.2 Å². The summed E-state index contributed by atoms with van der Waals surface area (Å²) in [6.45, 7) is 12.1. The number of fused-ring (bicyclic) bond motifs is 1. The Balaban J connectivity index is -0.000000246. The number of carbonyl (C=O) groups is 1. The molecule has 0 bridgehead atoms. The fourth-order valence-electron chi connectivity index (χ4n) is 0.936. The van der Waals surface area contributed by atoms with Crippen molar-refractivity contribution in [2.45, 2.75) is 27.7 Å². The first kappa shape index (κ1) is 23.9. The molecule has 5 heteroatoms. The zero-order valence-electron chi connectivity index (χ0n) is 12.7. The van der Waals surface area contributed by atoms with Crippen LogP contribution in [-0.2, 0) is 4.79 Å². The zero-order chi connectivity index (χ0) is 14.4. The summed E-state index contributed by atoms with van der Waals surface area (Å²) in [7, 11) is 0. The van der Waals surface area contributed by atoms with E-state index < -0.39 is 5.91 Å². The van der Waals surface area contributed by atoms with Gasteiger partial charge < -0.3 is 26.9 Å². The number of primary amides is 1. The third kappa shape index (κ3) is 14.0. The van der Waals surface area contributed by atoms with Crippen molar-refractivity contribution in [1.82, 2.24) is 0 Å². The molecular formula is C14H23KNO3-. The van der Waals surface area contributed by atoms with Gasteiger partial charge in [0.25, 0.3) is 0 Å². The first-order valence-corrected chi connectivity index (χ1v) is 6.07. The molecule has 4 nitrogen and oxygen atoms in total. The van der Waals surface area contributed by atoms with Crippen LogP contribution in [0.1, 0.15) is 27.7 Å². The molecule has 104 valence electrons. The molecule has 0 saturated carbocycles. The summed E-state index contributed by atoms with van der Waals surface area (Å²) in [5.41, 5.74) is 4.36. The molecule has 0 aliphatic carbocycles. The molecule has 0 unspecified atom stereocenters. The van der Waals surface area contributed by atoms with Crippen LogP contribution >= 0.6 is 0 Å². The normalized spacial score (nSPS) is 9.68. The number of nitrogens with two attached hydrogens (primary N) is 1. The molecule has 1 heterocycles. The van der Waals surface area contributed by atoms with E-state index in [0.717, 1.165) is 11.5 Å². The number of carbonyl (C=O) groups excluding carboxylic acids is 1. The van der Waals surface area contributed by atoms with Gasteiger partial charge in [-0.15, -0.1) is 12.1 Å². The van der Waals surface area contributed by atoms with Crippen LogP contribution in [0.25, 0.3) is 0 Å². The van der Waals surface area contributed by atoms with Crippen LogP contribution in [0.3, 0.4) is 0 Å². The van der Waals surface area contributed by atoms with Gasteiger partial charge in [0.1, 0.15) is 13.2 Å². The van der Waals surface area contributed by atoms with E-state index in [1.54, 1.807) is 6.07 Å². The fourth-order valence-corrected chi connectivity index (χ4v) is 0.936. The van der Waals surface area contributed by atoms with Crippen LogP contribution in [-0.4, -0.2) is 19.1 Å². The average molecular weight is 292 g/mol. The molecule has 0 spiro atoms. The maximum atomic E-state index is 9.11. The van der Waals surface area contributed by atoms with Gasteiger partial charge in [0.15, 0.2) is 0 Å². The molecule has 1 aromatic rings. The maximum absolute atomic E-state index is 9.11. The molecular weight excluding hydrogens is 269 g/mol. The number of amides is 1. The van der Waals surface area contributed by atoms with Gasteiger partial charge in [0.2, 0.25) is 0 Å². The van der Waals surface area contributed by atoms with Crippen LogP contribution in [0.15, 0.2) is 18.2 Å². The summed E-state index contributed by atoms with van der Waals surface area (Å²) in [5, 5.41) is 0. The second-order valence-corrected chi connectivity index (χ2v) is 2.54. The van der Waals surface area contributed by atoms with Crippen LogP contribution in [0.4, 0.5) is 0 Å². The maximum Gasteiger partial charge on any atom is 1.00 e. The predicted octanol–water partition coefficient (Wildman–Crippen LogP) is -0.380. The van der Waals surface area contributed by atoms with E-state index in [2.05, 4.69) is 18.7 Å². The number of benzene rings is 1. The monoisotopic (exact) mass is 292 g/mol. The Morgan fingerprint density at radius 1 is 1.21 bits per heavy atom. The summed E-state index contributed by atoms with van der Waals surface area (Å²) in [6, 6.07) is 8.37. The van der Waals surface area contributed by atoms with Gasteiger partial charge >= 0.3 is 51.4 Å². The minimum atomic E-state index is -0.583. The molecule has 2 N–H and O–H groups in total. The second kappa shape index (κ2) is 17.8. The predicted molar refractivity (Wildman–Crippen MR) is 73.5 cm³/mol. The minimum Gasteiger partial charge on any atom is -0.544 e. The van der Waals surface area contributed by atoms with Gasteiger partial charge in [-0.3, -0.25) is 0 Å². The Kier molecular flexibility index (Phi) is 22.3. The number of hydrogen-bond acceptors (Lipinski definition) is 3. The largest absolute Gasteiger partial charge is 1.00 e. The molecule has 1 amide bonds. The summed E-state index contributed by atoms with van der Waals surface area (Å²) >= 11 is 0. The second-order valence-electron chi connectivity index (χ2n) is 2.54. The summed E-state index contributed by atoms with van der Waals surface area (Å²) in [6.07, 6.45) is 0. The summed E-state index contributed by atoms with van der Waals surface area (Å²) < 4.78 is 10.5.